The van der Waals surface area contributed by atoms with E-state index in [9.17, 15) is 9.59 Å². The first-order chi connectivity index (χ1) is 12.6. The Bertz CT molecular complexity index is 875. The van der Waals surface area contributed by atoms with Crippen LogP contribution in [0.4, 0.5) is 0 Å². The third kappa shape index (κ3) is 3.50. The van der Waals surface area contributed by atoms with E-state index >= 15 is 0 Å². The number of hydrogen-bond donors (Lipinski definition) is 1. The zero-order valence-corrected chi connectivity index (χ0v) is 14.8. The number of nitrogens with zero attached hydrogens (tertiary/aromatic N) is 2. The van der Waals surface area contributed by atoms with Gasteiger partial charge in [-0.05, 0) is 44.2 Å². The number of fused-ring (bicyclic) bond motifs is 1. The number of rotatable bonds is 5. The van der Waals surface area contributed by atoms with Crippen molar-refractivity contribution in [2.45, 2.75) is 38.3 Å². The Labute approximate surface area is 151 Å². The first-order valence-corrected chi connectivity index (χ1v) is 9.11. The van der Waals surface area contributed by atoms with Gasteiger partial charge in [0.15, 0.2) is 0 Å². The van der Waals surface area contributed by atoms with Crippen molar-refractivity contribution < 1.29 is 14.3 Å². The average molecular weight is 357 g/mol. The molecule has 0 unspecified atom stereocenters. The molecule has 1 N–H and O–H groups in total. The van der Waals surface area contributed by atoms with Crippen LogP contribution in [0.5, 0.6) is 0 Å². The molecular formula is C19H23N3O4. The summed E-state index contributed by atoms with van der Waals surface area (Å²) >= 11 is 0. The summed E-state index contributed by atoms with van der Waals surface area (Å²) in [4.78, 5) is 29.7. The molecule has 0 radical (unpaired) electrons. The van der Waals surface area contributed by atoms with Gasteiger partial charge in [-0.3, -0.25) is 14.0 Å². The van der Waals surface area contributed by atoms with Crippen LogP contribution < -0.4 is 10.9 Å². The van der Waals surface area contributed by atoms with Crippen LogP contribution in [0.25, 0.3) is 5.65 Å². The van der Waals surface area contributed by atoms with Crippen LogP contribution in [-0.4, -0.2) is 47.3 Å². The highest BCUT2D eigenvalue weighted by molar-refractivity contribution is 5.94. The highest BCUT2D eigenvalue weighted by Crippen LogP contribution is 2.30. The maximum Gasteiger partial charge on any atom is 0.270 e. The van der Waals surface area contributed by atoms with Gasteiger partial charge in [0.25, 0.3) is 11.5 Å². The normalized spacial score (nSPS) is 23.1. The van der Waals surface area contributed by atoms with Gasteiger partial charge in [-0.25, -0.2) is 4.98 Å². The number of carbonyl (C=O) groups excluding carboxylic acids is 1. The minimum absolute atomic E-state index is 0.0308. The average Bonchev–Trinajstić information content (AvgIpc) is 3.45. The van der Waals surface area contributed by atoms with E-state index in [0.29, 0.717) is 24.8 Å². The maximum absolute atomic E-state index is 12.7. The van der Waals surface area contributed by atoms with Crippen LogP contribution in [0.3, 0.4) is 0 Å². The molecule has 26 heavy (non-hydrogen) atoms. The van der Waals surface area contributed by atoms with Gasteiger partial charge in [-0.2, -0.15) is 0 Å². The summed E-state index contributed by atoms with van der Waals surface area (Å²) < 4.78 is 12.9. The third-order valence-electron chi connectivity index (χ3n) is 5.02. The highest BCUT2D eigenvalue weighted by atomic mass is 16.5. The summed E-state index contributed by atoms with van der Waals surface area (Å²) in [5.74, 6) is 0.224. The topological polar surface area (TPSA) is 81.9 Å². The van der Waals surface area contributed by atoms with Crippen molar-refractivity contribution in [3.63, 3.8) is 0 Å². The quantitative estimate of drug-likeness (QED) is 0.873. The van der Waals surface area contributed by atoms with Gasteiger partial charge in [0.1, 0.15) is 11.2 Å². The molecule has 1 saturated heterocycles. The van der Waals surface area contributed by atoms with E-state index in [2.05, 4.69) is 10.3 Å². The number of nitrogens with one attached hydrogen (secondary N) is 1. The minimum atomic E-state index is -0.435. The summed E-state index contributed by atoms with van der Waals surface area (Å²) in [6.07, 6.45) is 4.45. The van der Waals surface area contributed by atoms with Crippen molar-refractivity contribution in [3.05, 3.63) is 46.0 Å². The lowest BCUT2D eigenvalue weighted by molar-refractivity contribution is -0.0567. The van der Waals surface area contributed by atoms with Gasteiger partial charge in [0.05, 0.1) is 18.8 Å². The maximum atomic E-state index is 12.7. The second-order valence-corrected chi connectivity index (χ2v) is 7.10. The predicted molar refractivity (Wildman–Crippen MR) is 95.4 cm³/mol. The number of amides is 1. The molecule has 2 aliphatic rings. The van der Waals surface area contributed by atoms with Gasteiger partial charge in [0.2, 0.25) is 0 Å². The first-order valence-electron chi connectivity index (χ1n) is 9.11. The molecule has 2 aromatic heterocycles. The molecule has 1 aliphatic heterocycles. The number of aromatic nitrogens is 2. The van der Waals surface area contributed by atoms with E-state index in [1.807, 2.05) is 19.1 Å². The molecule has 3 heterocycles. The Kier molecular flexibility index (Phi) is 4.74. The summed E-state index contributed by atoms with van der Waals surface area (Å²) in [6.45, 7) is 3.56. The van der Waals surface area contributed by atoms with Crippen molar-refractivity contribution in [2.24, 2.45) is 5.92 Å². The monoisotopic (exact) mass is 357 g/mol. The smallest absolute Gasteiger partial charge is 0.270 e. The third-order valence-corrected chi connectivity index (χ3v) is 5.02. The molecule has 2 atom stereocenters. The molecule has 2 aromatic rings. The molecule has 1 saturated carbocycles. The van der Waals surface area contributed by atoms with Crippen LogP contribution in [0.2, 0.25) is 0 Å². The summed E-state index contributed by atoms with van der Waals surface area (Å²) in [7, 11) is 0. The molecule has 7 heteroatoms. The SMILES string of the molecule is Cc1cccc2ncc(C(=O)N[C@@H]3COCC[C@@H]3OCC3CC3)c(=O)n12. The van der Waals surface area contributed by atoms with E-state index in [4.69, 9.17) is 9.47 Å². The fraction of sp³-hybridized carbons (Fsp3) is 0.526. The number of hydrogen-bond acceptors (Lipinski definition) is 5. The largest absolute Gasteiger partial charge is 0.379 e. The van der Waals surface area contributed by atoms with E-state index in [1.165, 1.54) is 23.4 Å². The molecule has 2 fully saturated rings. The van der Waals surface area contributed by atoms with Crippen LogP contribution in [-0.2, 0) is 9.47 Å². The van der Waals surface area contributed by atoms with Crippen molar-refractivity contribution in [1.82, 2.24) is 14.7 Å². The summed E-state index contributed by atoms with van der Waals surface area (Å²) in [6, 6.07) is 5.13. The Morgan fingerprint density at radius 2 is 2.23 bits per heavy atom. The molecular weight excluding hydrogens is 334 g/mol. The second-order valence-electron chi connectivity index (χ2n) is 7.10. The molecule has 1 aliphatic carbocycles. The van der Waals surface area contributed by atoms with Gasteiger partial charge < -0.3 is 14.8 Å². The predicted octanol–water partition coefficient (Wildman–Crippen LogP) is 1.32. The Balaban J connectivity index is 1.53. The zero-order chi connectivity index (χ0) is 18.1. The Hall–Kier alpha value is -2.25. The lowest BCUT2D eigenvalue weighted by atomic mass is 10.1. The number of pyridine rings is 1. The van der Waals surface area contributed by atoms with Crippen molar-refractivity contribution >= 4 is 11.6 Å². The van der Waals surface area contributed by atoms with E-state index < -0.39 is 5.91 Å². The van der Waals surface area contributed by atoms with E-state index in [0.717, 1.165) is 18.7 Å². The zero-order valence-electron chi connectivity index (χ0n) is 14.8. The fourth-order valence-electron chi connectivity index (χ4n) is 3.27. The number of aryl methyl sites for hydroxylation is 1. The standard InChI is InChI=1S/C19H23N3O4/c1-12-3-2-4-17-20-9-14(19(24)22(12)17)18(23)21-15-11-25-8-7-16(15)26-10-13-5-6-13/h2-4,9,13,15-16H,5-8,10-11H2,1H3,(H,21,23)/t15-,16+/m1/s1. The van der Waals surface area contributed by atoms with Crippen molar-refractivity contribution in [2.75, 3.05) is 19.8 Å². The van der Waals surface area contributed by atoms with Crippen LogP contribution in [0.1, 0.15) is 35.3 Å². The number of ether oxygens (including phenoxy) is 2. The molecule has 1 amide bonds. The molecule has 138 valence electrons. The fourth-order valence-corrected chi connectivity index (χ4v) is 3.27. The Morgan fingerprint density at radius 3 is 3.04 bits per heavy atom. The molecule has 4 rings (SSSR count). The molecule has 0 bridgehead atoms. The molecule has 0 spiro atoms. The summed E-state index contributed by atoms with van der Waals surface area (Å²) in [5, 5.41) is 2.91. The lowest BCUT2D eigenvalue weighted by Gasteiger charge is -2.32. The lowest BCUT2D eigenvalue weighted by Crippen LogP contribution is -2.51. The van der Waals surface area contributed by atoms with Crippen LogP contribution in [0, 0.1) is 12.8 Å². The van der Waals surface area contributed by atoms with Gasteiger partial charge in [-0.15, -0.1) is 0 Å². The Morgan fingerprint density at radius 1 is 1.38 bits per heavy atom. The van der Waals surface area contributed by atoms with Crippen molar-refractivity contribution in [3.8, 4) is 0 Å². The highest BCUT2D eigenvalue weighted by Gasteiger charge is 2.31. The van der Waals surface area contributed by atoms with Gasteiger partial charge >= 0.3 is 0 Å². The second kappa shape index (κ2) is 7.17. The van der Waals surface area contributed by atoms with Crippen LogP contribution in [0.15, 0.2) is 29.2 Å². The number of carbonyl (C=O) groups is 1. The molecule has 0 aromatic carbocycles. The van der Waals surface area contributed by atoms with Gasteiger partial charge in [-0.1, -0.05) is 6.07 Å². The first kappa shape index (κ1) is 17.2. The van der Waals surface area contributed by atoms with Gasteiger partial charge in [0, 0.05) is 25.1 Å². The van der Waals surface area contributed by atoms with Crippen LogP contribution >= 0.6 is 0 Å². The molecule has 7 nitrogen and oxygen atoms in total. The summed E-state index contributed by atoms with van der Waals surface area (Å²) in [5.41, 5.74) is 0.931. The van der Waals surface area contributed by atoms with Crippen molar-refractivity contribution in [1.29, 1.82) is 0 Å². The van der Waals surface area contributed by atoms with E-state index in [1.54, 1.807) is 6.07 Å². The van der Waals surface area contributed by atoms with E-state index in [-0.39, 0.29) is 23.3 Å². The minimum Gasteiger partial charge on any atom is -0.379 e.